The second kappa shape index (κ2) is 6.97. The molecule has 1 atom stereocenters. The first kappa shape index (κ1) is 16.8. The van der Waals surface area contributed by atoms with Crippen LogP contribution in [-0.2, 0) is 14.3 Å². The molecule has 1 saturated carbocycles. The summed E-state index contributed by atoms with van der Waals surface area (Å²) in [4.78, 5) is 22.5. The van der Waals surface area contributed by atoms with Gasteiger partial charge in [-0.15, -0.1) is 0 Å². The zero-order valence-corrected chi connectivity index (χ0v) is 12.4. The molecule has 110 valence electrons. The summed E-state index contributed by atoms with van der Waals surface area (Å²) in [6.07, 6.45) is 2.21. The number of hydrogen-bond donors (Lipinski definition) is 2. The van der Waals surface area contributed by atoms with Crippen molar-refractivity contribution in [3.05, 3.63) is 0 Å². The smallest absolute Gasteiger partial charge is 0.323 e. The van der Waals surface area contributed by atoms with Gasteiger partial charge in [-0.2, -0.15) is 0 Å². The molecule has 5 nitrogen and oxygen atoms in total. The molecule has 0 aromatic heterocycles. The highest BCUT2D eigenvalue weighted by Crippen LogP contribution is 2.31. The van der Waals surface area contributed by atoms with E-state index in [9.17, 15) is 9.59 Å². The highest BCUT2D eigenvalue weighted by atomic mass is 35.6. The van der Waals surface area contributed by atoms with E-state index in [0.717, 1.165) is 0 Å². The van der Waals surface area contributed by atoms with Gasteiger partial charge >= 0.3 is 11.9 Å². The SMILES string of the molecule is NC(C(=O)OCC(Cl)(Cl)Cl)C1CCC(C(=O)O)CC1. The minimum Gasteiger partial charge on any atom is -0.481 e. The molecule has 8 heteroatoms. The van der Waals surface area contributed by atoms with Gasteiger partial charge in [0.25, 0.3) is 0 Å². The van der Waals surface area contributed by atoms with E-state index in [0.29, 0.717) is 25.7 Å². The Balaban J connectivity index is 2.40. The molecule has 1 unspecified atom stereocenters. The third-order valence-electron chi connectivity index (χ3n) is 3.28. The molecule has 0 aliphatic heterocycles. The number of carbonyl (C=O) groups excluding carboxylic acids is 1. The lowest BCUT2D eigenvalue weighted by atomic mass is 9.79. The number of carboxylic acid groups (broad SMARTS) is 1. The zero-order chi connectivity index (χ0) is 14.6. The molecule has 0 radical (unpaired) electrons. The summed E-state index contributed by atoms with van der Waals surface area (Å²) in [5.74, 6) is -1.85. The Bertz CT molecular complexity index is 337. The Labute approximate surface area is 126 Å². The van der Waals surface area contributed by atoms with E-state index in [1.54, 1.807) is 0 Å². The Morgan fingerprint density at radius 3 is 2.21 bits per heavy atom. The number of nitrogens with two attached hydrogens (primary N) is 1. The van der Waals surface area contributed by atoms with Gasteiger partial charge in [0, 0.05) is 0 Å². The average molecular weight is 333 g/mol. The second-order valence-electron chi connectivity index (χ2n) is 4.70. The van der Waals surface area contributed by atoms with Crippen LogP contribution < -0.4 is 5.73 Å². The number of alkyl halides is 3. The number of rotatable bonds is 4. The predicted octanol–water partition coefficient (Wildman–Crippen LogP) is 2.12. The predicted molar refractivity (Wildman–Crippen MR) is 72.3 cm³/mol. The maximum Gasteiger partial charge on any atom is 0.323 e. The van der Waals surface area contributed by atoms with E-state index in [2.05, 4.69) is 0 Å². The normalized spacial score (nSPS) is 25.7. The number of hydrogen-bond acceptors (Lipinski definition) is 4. The lowest BCUT2D eigenvalue weighted by molar-refractivity contribution is -0.147. The van der Waals surface area contributed by atoms with Crippen molar-refractivity contribution in [2.75, 3.05) is 6.61 Å². The van der Waals surface area contributed by atoms with Crippen LogP contribution in [0.3, 0.4) is 0 Å². The van der Waals surface area contributed by atoms with Crippen molar-refractivity contribution >= 4 is 46.7 Å². The summed E-state index contributed by atoms with van der Waals surface area (Å²) in [5, 5.41) is 8.88. The van der Waals surface area contributed by atoms with E-state index < -0.39 is 21.8 Å². The summed E-state index contributed by atoms with van der Waals surface area (Å²) in [6, 6.07) is -0.804. The summed E-state index contributed by atoms with van der Waals surface area (Å²) >= 11 is 16.4. The molecule has 0 spiro atoms. The van der Waals surface area contributed by atoms with Crippen molar-refractivity contribution in [3.63, 3.8) is 0 Å². The summed E-state index contributed by atoms with van der Waals surface area (Å²) < 4.78 is 3.16. The minimum atomic E-state index is -1.66. The number of esters is 1. The maximum absolute atomic E-state index is 11.7. The fourth-order valence-electron chi connectivity index (χ4n) is 2.17. The molecule has 0 aromatic carbocycles. The molecule has 0 bridgehead atoms. The van der Waals surface area contributed by atoms with Crippen LogP contribution in [0.2, 0.25) is 0 Å². The molecule has 1 rings (SSSR count). The van der Waals surface area contributed by atoms with Crippen LogP contribution in [0.5, 0.6) is 0 Å². The van der Waals surface area contributed by atoms with Crippen molar-refractivity contribution in [1.29, 1.82) is 0 Å². The first-order valence-corrected chi connectivity index (χ1v) is 7.06. The van der Waals surface area contributed by atoms with Crippen LogP contribution in [0, 0.1) is 11.8 Å². The minimum absolute atomic E-state index is 0.0847. The topological polar surface area (TPSA) is 89.6 Å². The molecule has 1 aliphatic carbocycles. The lowest BCUT2D eigenvalue weighted by Crippen LogP contribution is -2.42. The number of aliphatic carboxylic acids is 1. The molecular weight excluding hydrogens is 316 g/mol. The highest BCUT2D eigenvalue weighted by Gasteiger charge is 2.33. The van der Waals surface area contributed by atoms with Crippen molar-refractivity contribution < 1.29 is 19.4 Å². The van der Waals surface area contributed by atoms with Gasteiger partial charge in [-0.3, -0.25) is 9.59 Å². The van der Waals surface area contributed by atoms with Gasteiger partial charge in [-0.05, 0) is 31.6 Å². The van der Waals surface area contributed by atoms with Gasteiger partial charge in [0.05, 0.1) is 5.92 Å². The van der Waals surface area contributed by atoms with E-state index >= 15 is 0 Å². The monoisotopic (exact) mass is 331 g/mol. The Morgan fingerprint density at radius 1 is 1.26 bits per heavy atom. The van der Waals surface area contributed by atoms with E-state index in [-0.39, 0.29) is 18.4 Å². The zero-order valence-electron chi connectivity index (χ0n) is 10.2. The first-order valence-electron chi connectivity index (χ1n) is 5.92. The molecule has 3 N–H and O–H groups in total. The molecule has 0 heterocycles. The van der Waals surface area contributed by atoms with Gasteiger partial charge < -0.3 is 15.6 Å². The standard InChI is InChI=1S/C11H16Cl3NO4/c12-11(13,14)5-19-10(18)8(15)6-1-3-7(4-2-6)9(16)17/h6-8H,1-5,15H2,(H,16,17). The Morgan fingerprint density at radius 2 is 1.79 bits per heavy atom. The Kier molecular flexibility index (Phi) is 6.17. The molecule has 1 aliphatic rings. The van der Waals surface area contributed by atoms with Crippen LogP contribution in [0.1, 0.15) is 25.7 Å². The fraction of sp³-hybridized carbons (Fsp3) is 0.818. The fourth-order valence-corrected chi connectivity index (χ4v) is 2.33. The number of carboxylic acids is 1. The summed E-state index contributed by atoms with van der Waals surface area (Å²) in [6.45, 7) is -0.353. The van der Waals surface area contributed by atoms with Crippen LogP contribution in [0.25, 0.3) is 0 Å². The third kappa shape index (κ3) is 5.73. The summed E-state index contributed by atoms with van der Waals surface area (Å²) in [7, 11) is 0. The van der Waals surface area contributed by atoms with Gasteiger partial charge in [0.15, 0.2) is 0 Å². The average Bonchev–Trinajstić information content (AvgIpc) is 2.34. The Hall–Kier alpha value is -0.230. The molecule has 0 saturated heterocycles. The van der Waals surface area contributed by atoms with Crippen molar-refractivity contribution in [3.8, 4) is 0 Å². The van der Waals surface area contributed by atoms with Crippen LogP contribution >= 0.6 is 34.8 Å². The number of ether oxygens (including phenoxy) is 1. The first-order chi connectivity index (χ1) is 8.70. The molecular formula is C11H16Cl3NO4. The highest BCUT2D eigenvalue weighted by molar-refractivity contribution is 6.67. The van der Waals surface area contributed by atoms with E-state index in [1.165, 1.54) is 0 Å². The molecule has 0 amide bonds. The second-order valence-corrected chi connectivity index (χ2v) is 7.21. The molecule has 0 aromatic rings. The number of halogens is 3. The van der Waals surface area contributed by atoms with E-state index in [1.807, 2.05) is 0 Å². The number of carbonyl (C=O) groups is 2. The van der Waals surface area contributed by atoms with Crippen molar-refractivity contribution in [2.24, 2.45) is 17.6 Å². The van der Waals surface area contributed by atoms with E-state index in [4.69, 9.17) is 50.4 Å². The van der Waals surface area contributed by atoms with Gasteiger partial charge in [-0.1, -0.05) is 34.8 Å². The molecule has 1 fully saturated rings. The third-order valence-corrected chi connectivity index (χ3v) is 3.61. The van der Waals surface area contributed by atoms with Gasteiger partial charge in [0.1, 0.15) is 12.6 Å². The van der Waals surface area contributed by atoms with Gasteiger partial charge in [0.2, 0.25) is 3.79 Å². The van der Waals surface area contributed by atoms with Crippen LogP contribution in [0.15, 0.2) is 0 Å². The van der Waals surface area contributed by atoms with Crippen LogP contribution in [0.4, 0.5) is 0 Å². The molecule has 19 heavy (non-hydrogen) atoms. The van der Waals surface area contributed by atoms with Crippen molar-refractivity contribution in [1.82, 2.24) is 0 Å². The maximum atomic E-state index is 11.7. The van der Waals surface area contributed by atoms with Crippen molar-refractivity contribution in [2.45, 2.75) is 35.5 Å². The quantitative estimate of drug-likeness (QED) is 0.608. The largest absolute Gasteiger partial charge is 0.481 e. The van der Waals surface area contributed by atoms with Crippen LogP contribution in [-0.4, -0.2) is 33.5 Å². The summed E-state index contributed by atoms with van der Waals surface area (Å²) in [5.41, 5.74) is 5.79. The van der Waals surface area contributed by atoms with Gasteiger partial charge in [-0.25, -0.2) is 0 Å². The lowest BCUT2D eigenvalue weighted by Gasteiger charge is -2.29.